The van der Waals surface area contributed by atoms with Crippen LogP contribution in [0.5, 0.6) is 0 Å². The van der Waals surface area contributed by atoms with Crippen LogP contribution in [0.15, 0.2) is 48.8 Å². The summed E-state index contributed by atoms with van der Waals surface area (Å²) in [5, 5.41) is 13.4. The quantitative estimate of drug-likeness (QED) is 0.529. The molecule has 0 radical (unpaired) electrons. The van der Waals surface area contributed by atoms with Crippen molar-refractivity contribution in [3.05, 3.63) is 65.4 Å². The molecule has 0 saturated heterocycles. The molecule has 22 heavy (non-hydrogen) atoms. The number of anilines is 1. The number of rotatable bonds is 4. The molecular formula is C15H13FN2O4. The van der Waals surface area contributed by atoms with E-state index in [0.717, 1.165) is 12.4 Å². The Bertz CT molecular complexity index is 671. The first-order valence-electron chi connectivity index (χ1n) is 6.42. The van der Waals surface area contributed by atoms with Gasteiger partial charge in [0.1, 0.15) is 5.82 Å². The first-order valence-corrected chi connectivity index (χ1v) is 6.42. The van der Waals surface area contributed by atoms with Gasteiger partial charge in [0.25, 0.3) is 5.91 Å². The largest absolute Gasteiger partial charge is 0.619 e. The Hall–Kier alpha value is -2.96. The van der Waals surface area contributed by atoms with Gasteiger partial charge < -0.3 is 15.3 Å². The summed E-state index contributed by atoms with van der Waals surface area (Å²) < 4.78 is 18.3. The average molecular weight is 304 g/mol. The molecule has 1 N–H and O–H groups in total. The van der Waals surface area contributed by atoms with E-state index < -0.39 is 23.8 Å². The summed E-state index contributed by atoms with van der Waals surface area (Å²) in [7, 11) is 0. The van der Waals surface area contributed by atoms with Crippen LogP contribution in [0.25, 0.3) is 0 Å². The van der Waals surface area contributed by atoms with Crippen molar-refractivity contribution in [1.29, 1.82) is 0 Å². The molecule has 0 bridgehead atoms. The van der Waals surface area contributed by atoms with Gasteiger partial charge in [0.15, 0.2) is 18.5 Å². The second-order valence-electron chi connectivity index (χ2n) is 4.49. The Balaban J connectivity index is 1.94. The lowest BCUT2D eigenvalue weighted by Gasteiger charge is -2.13. The minimum atomic E-state index is -1.04. The minimum absolute atomic E-state index is 0.161. The summed E-state index contributed by atoms with van der Waals surface area (Å²) in [6.07, 6.45) is 1.26. The number of benzene rings is 1. The molecule has 2 aromatic rings. The predicted octanol–water partition coefficient (Wildman–Crippen LogP) is 1.64. The number of aromatic nitrogens is 1. The molecule has 0 unspecified atom stereocenters. The highest BCUT2D eigenvalue weighted by Crippen LogP contribution is 2.10. The van der Waals surface area contributed by atoms with Crippen molar-refractivity contribution in [3.8, 4) is 0 Å². The van der Waals surface area contributed by atoms with Gasteiger partial charge in [0.2, 0.25) is 0 Å². The highest BCUT2D eigenvalue weighted by atomic mass is 19.1. The number of halogens is 1. The van der Waals surface area contributed by atoms with E-state index in [0.29, 0.717) is 10.4 Å². The lowest BCUT2D eigenvalue weighted by Crippen LogP contribution is -2.30. The van der Waals surface area contributed by atoms with Crippen LogP contribution in [0.1, 0.15) is 17.3 Å². The normalized spacial score (nSPS) is 11.5. The molecule has 0 spiro atoms. The van der Waals surface area contributed by atoms with Crippen molar-refractivity contribution in [1.82, 2.24) is 0 Å². The molecule has 1 aromatic carbocycles. The maximum atomic E-state index is 12.8. The van der Waals surface area contributed by atoms with Gasteiger partial charge in [-0.05, 0) is 31.2 Å². The molecule has 2 rings (SSSR count). The van der Waals surface area contributed by atoms with E-state index in [1.807, 2.05) is 0 Å². The average Bonchev–Trinajstić information content (AvgIpc) is 2.50. The van der Waals surface area contributed by atoms with E-state index >= 15 is 0 Å². The van der Waals surface area contributed by atoms with Gasteiger partial charge in [-0.3, -0.25) is 4.79 Å². The fourth-order valence-corrected chi connectivity index (χ4v) is 1.61. The zero-order chi connectivity index (χ0) is 16.1. The number of carbonyl (C=O) groups is 2. The highest BCUT2D eigenvalue weighted by Gasteiger charge is 2.19. The number of pyridine rings is 1. The maximum absolute atomic E-state index is 12.8. The summed E-state index contributed by atoms with van der Waals surface area (Å²) in [5.41, 5.74) is 0.551. The van der Waals surface area contributed by atoms with E-state index in [9.17, 15) is 19.2 Å². The Kier molecular flexibility index (Phi) is 4.67. The van der Waals surface area contributed by atoms with Gasteiger partial charge in [0.05, 0.1) is 5.56 Å². The number of carbonyl (C=O) groups excluding carboxylic acids is 2. The molecule has 0 saturated carbocycles. The Labute approximate surface area is 125 Å². The molecule has 1 heterocycles. The van der Waals surface area contributed by atoms with E-state index in [2.05, 4.69) is 5.32 Å². The van der Waals surface area contributed by atoms with Crippen LogP contribution in [-0.2, 0) is 9.53 Å². The van der Waals surface area contributed by atoms with Crippen molar-refractivity contribution in [2.45, 2.75) is 13.0 Å². The molecular weight excluding hydrogens is 291 g/mol. The van der Waals surface area contributed by atoms with Crippen LogP contribution in [0.4, 0.5) is 10.1 Å². The van der Waals surface area contributed by atoms with Gasteiger partial charge in [-0.1, -0.05) is 0 Å². The summed E-state index contributed by atoms with van der Waals surface area (Å²) >= 11 is 0. The van der Waals surface area contributed by atoms with Crippen molar-refractivity contribution >= 4 is 17.6 Å². The molecule has 1 atom stereocenters. The number of nitrogens with zero attached hydrogens (tertiary/aromatic N) is 1. The third-order valence-electron chi connectivity index (χ3n) is 2.80. The van der Waals surface area contributed by atoms with Crippen LogP contribution in [0, 0.1) is 11.0 Å². The molecule has 1 aromatic heterocycles. The number of nitrogens with one attached hydrogen (secondary N) is 1. The monoisotopic (exact) mass is 304 g/mol. The van der Waals surface area contributed by atoms with Gasteiger partial charge in [-0.2, -0.15) is 4.73 Å². The summed E-state index contributed by atoms with van der Waals surface area (Å²) in [6.45, 7) is 1.41. The standard InChI is InChI=1S/C15H13FN2O4/c1-10(14(19)17-13-4-2-12(16)3-5-13)22-15(20)11-6-8-18(21)9-7-11/h2-10H,1H3,(H,17,19)/t10-/m1/s1. The van der Waals surface area contributed by atoms with E-state index in [1.54, 1.807) is 0 Å². The first-order chi connectivity index (χ1) is 10.5. The number of amides is 1. The lowest BCUT2D eigenvalue weighted by molar-refractivity contribution is -0.605. The molecule has 0 aliphatic heterocycles. The van der Waals surface area contributed by atoms with Gasteiger partial charge in [-0.15, -0.1) is 0 Å². The number of hydrogen-bond acceptors (Lipinski definition) is 4. The molecule has 6 nitrogen and oxygen atoms in total. The lowest BCUT2D eigenvalue weighted by atomic mass is 10.2. The number of esters is 1. The third kappa shape index (κ3) is 4.02. The first kappa shape index (κ1) is 15.4. The van der Waals surface area contributed by atoms with Crippen LogP contribution in [0.2, 0.25) is 0 Å². The van der Waals surface area contributed by atoms with E-state index in [1.165, 1.54) is 43.3 Å². The van der Waals surface area contributed by atoms with E-state index in [4.69, 9.17) is 4.74 Å². The highest BCUT2D eigenvalue weighted by molar-refractivity contribution is 5.97. The third-order valence-corrected chi connectivity index (χ3v) is 2.80. The van der Waals surface area contributed by atoms with Crippen LogP contribution in [0.3, 0.4) is 0 Å². The Morgan fingerprint density at radius 2 is 1.77 bits per heavy atom. The minimum Gasteiger partial charge on any atom is -0.619 e. The Morgan fingerprint density at radius 1 is 1.18 bits per heavy atom. The second kappa shape index (κ2) is 6.66. The van der Waals surface area contributed by atoms with Crippen LogP contribution >= 0.6 is 0 Å². The van der Waals surface area contributed by atoms with Gasteiger partial charge in [0, 0.05) is 17.8 Å². The van der Waals surface area contributed by atoms with Crippen molar-refractivity contribution < 1.29 is 23.4 Å². The Morgan fingerprint density at radius 3 is 2.36 bits per heavy atom. The maximum Gasteiger partial charge on any atom is 0.339 e. The fourth-order valence-electron chi connectivity index (χ4n) is 1.61. The SMILES string of the molecule is C[C@@H](OC(=O)c1cc[n+]([O-])cc1)C(=O)Nc1ccc(F)cc1. The van der Waals surface area contributed by atoms with Crippen molar-refractivity contribution in [2.75, 3.05) is 5.32 Å². The van der Waals surface area contributed by atoms with Gasteiger partial charge in [-0.25, -0.2) is 9.18 Å². The number of hydrogen-bond donors (Lipinski definition) is 1. The molecule has 0 fully saturated rings. The molecule has 0 aliphatic carbocycles. The van der Waals surface area contributed by atoms with Crippen LogP contribution < -0.4 is 10.0 Å². The summed E-state index contributed by atoms with van der Waals surface area (Å²) in [6, 6.07) is 7.78. The smallest absolute Gasteiger partial charge is 0.339 e. The number of ether oxygens (including phenoxy) is 1. The summed E-state index contributed by atoms with van der Waals surface area (Å²) in [4.78, 5) is 23.7. The topological polar surface area (TPSA) is 82.3 Å². The zero-order valence-electron chi connectivity index (χ0n) is 11.7. The van der Waals surface area contributed by atoms with Crippen molar-refractivity contribution in [3.63, 3.8) is 0 Å². The molecule has 7 heteroatoms. The van der Waals surface area contributed by atoms with Gasteiger partial charge >= 0.3 is 5.97 Å². The fraction of sp³-hybridized carbons (Fsp3) is 0.133. The predicted molar refractivity (Wildman–Crippen MR) is 75.3 cm³/mol. The second-order valence-corrected chi connectivity index (χ2v) is 4.49. The van der Waals surface area contributed by atoms with E-state index in [-0.39, 0.29) is 5.56 Å². The summed E-state index contributed by atoms with van der Waals surface area (Å²) in [5.74, 6) is -1.69. The molecule has 1 amide bonds. The molecule has 0 aliphatic rings. The molecule has 114 valence electrons. The van der Waals surface area contributed by atoms with Crippen molar-refractivity contribution in [2.24, 2.45) is 0 Å². The van der Waals surface area contributed by atoms with Crippen LogP contribution in [-0.4, -0.2) is 18.0 Å². The zero-order valence-corrected chi connectivity index (χ0v) is 11.7.